The highest BCUT2D eigenvalue weighted by Gasteiger charge is 2.13. The maximum Gasteiger partial charge on any atom is 0.165 e. The van der Waals surface area contributed by atoms with Gasteiger partial charge < -0.3 is 10.2 Å². The molecule has 4 heteroatoms. The summed E-state index contributed by atoms with van der Waals surface area (Å²) in [6.07, 6.45) is 0.154. The quantitative estimate of drug-likeness (QED) is 0.544. The first-order chi connectivity index (χ1) is 6.06. The highest BCUT2D eigenvalue weighted by atomic mass is 19.1. The molecule has 2 N–H and O–H groups in total. The van der Waals surface area contributed by atoms with Crippen molar-refractivity contribution in [1.82, 2.24) is 0 Å². The Bertz CT molecular complexity index is 347. The molecule has 0 radical (unpaired) electrons. The number of phenolic OH excluding ortho intramolecular Hbond substituents is 2. The van der Waals surface area contributed by atoms with Crippen molar-refractivity contribution in [2.75, 3.05) is 0 Å². The van der Waals surface area contributed by atoms with E-state index >= 15 is 0 Å². The van der Waals surface area contributed by atoms with Gasteiger partial charge >= 0.3 is 0 Å². The van der Waals surface area contributed by atoms with Crippen molar-refractivity contribution in [1.29, 1.82) is 0 Å². The van der Waals surface area contributed by atoms with Crippen LogP contribution in [0.5, 0.6) is 11.5 Å². The van der Waals surface area contributed by atoms with Gasteiger partial charge in [0, 0.05) is 12.5 Å². The third kappa shape index (κ3) is 1.77. The van der Waals surface area contributed by atoms with Crippen LogP contribution < -0.4 is 0 Å². The SMILES string of the molecule is CCC(=O)c1cc(O)c(O)cc1F. The highest BCUT2D eigenvalue weighted by molar-refractivity contribution is 5.96. The molecule has 13 heavy (non-hydrogen) atoms. The Morgan fingerprint density at radius 3 is 2.46 bits per heavy atom. The summed E-state index contributed by atoms with van der Waals surface area (Å²) < 4.78 is 13.0. The molecule has 0 heterocycles. The summed E-state index contributed by atoms with van der Waals surface area (Å²) in [5.41, 5.74) is -0.196. The Hall–Kier alpha value is -1.58. The molecular weight excluding hydrogens is 175 g/mol. The smallest absolute Gasteiger partial charge is 0.165 e. The molecule has 0 unspecified atom stereocenters. The third-order valence-corrected chi connectivity index (χ3v) is 1.69. The number of rotatable bonds is 2. The van der Waals surface area contributed by atoms with Gasteiger partial charge in [-0.1, -0.05) is 6.92 Å². The maximum atomic E-state index is 13.0. The summed E-state index contributed by atoms with van der Waals surface area (Å²) in [4.78, 5) is 11.1. The maximum absolute atomic E-state index is 13.0. The molecule has 0 aliphatic rings. The van der Waals surface area contributed by atoms with Gasteiger partial charge in [-0.3, -0.25) is 4.79 Å². The molecule has 0 spiro atoms. The van der Waals surface area contributed by atoms with Crippen molar-refractivity contribution < 1.29 is 19.4 Å². The first kappa shape index (κ1) is 9.51. The topological polar surface area (TPSA) is 57.5 Å². The van der Waals surface area contributed by atoms with Gasteiger partial charge in [-0.05, 0) is 6.07 Å². The van der Waals surface area contributed by atoms with Crippen LogP contribution in [-0.2, 0) is 0 Å². The van der Waals surface area contributed by atoms with Gasteiger partial charge in [0.15, 0.2) is 17.3 Å². The molecular formula is C9H9FO3. The summed E-state index contributed by atoms with van der Waals surface area (Å²) in [7, 11) is 0. The predicted molar refractivity (Wildman–Crippen MR) is 44.4 cm³/mol. The molecule has 0 aromatic heterocycles. The molecule has 3 nitrogen and oxygen atoms in total. The van der Waals surface area contributed by atoms with Gasteiger partial charge in [-0.2, -0.15) is 0 Å². The number of hydrogen-bond acceptors (Lipinski definition) is 3. The number of carbonyl (C=O) groups excluding carboxylic acids is 1. The van der Waals surface area contributed by atoms with Crippen molar-refractivity contribution in [2.24, 2.45) is 0 Å². The van der Waals surface area contributed by atoms with Crippen LogP contribution in [0, 0.1) is 5.82 Å². The average Bonchev–Trinajstić information content (AvgIpc) is 2.10. The molecule has 0 amide bonds. The fraction of sp³-hybridized carbons (Fsp3) is 0.222. The Kier molecular flexibility index (Phi) is 2.51. The second kappa shape index (κ2) is 3.43. The molecule has 1 aromatic rings. The zero-order valence-electron chi connectivity index (χ0n) is 7.04. The average molecular weight is 184 g/mol. The van der Waals surface area contributed by atoms with Crippen LogP contribution in [0.3, 0.4) is 0 Å². The van der Waals surface area contributed by atoms with E-state index in [1.807, 2.05) is 0 Å². The molecule has 0 atom stereocenters. The van der Waals surface area contributed by atoms with Gasteiger partial charge in [-0.25, -0.2) is 4.39 Å². The van der Waals surface area contributed by atoms with Crippen LogP contribution in [0.2, 0.25) is 0 Å². The lowest BCUT2D eigenvalue weighted by molar-refractivity contribution is 0.0984. The van der Waals surface area contributed by atoms with E-state index in [1.165, 1.54) is 0 Å². The number of halogens is 1. The lowest BCUT2D eigenvalue weighted by Crippen LogP contribution is -1.99. The molecule has 1 rings (SSSR count). The van der Waals surface area contributed by atoms with E-state index in [9.17, 15) is 9.18 Å². The number of benzene rings is 1. The standard InChI is InChI=1S/C9H9FO3/c1-2-7(11)5-3-8(12)9(13)4-6(5)10/h3-4,12-13H,2H2,1H3. The van der Waals surface area contributed by atoms with Gasteiger partial charge in [0.2, 0.25) is 0 Å². The minimum absolute atomic E-state index is 0.154. The normalized spacial score (nSPS) is 10.0. The van der Waals surface area contributed by atoms with Crippen molar-refractivity contribution in [2.45, 2.75) is 13.3 Å². The van der Waals surface area contributed by atoms with Gasteiger partial charge in [0.05, 0.1) is 5.56 Å². The van der Waals surface area contributed by atoms with E-state index in [2.05, 4.69) is 0 Å². The van der Waals surface area contributed by atoms with Crippen molar-refractivity contribution in [3.63, 3.8) is 0 Å². The molecule has 0 saturated heterocycles. The molecule has 0 fully saturated rings. The Morgan fingerprint density at radius 1 is 1.38 bits per heavy atom. The van der Waals surface area contributed by atoms with Gasteiger partial charge in [0.25, 0.3) is 0 Å². The second-order valence-corrected chi connectivity index (χ2v) is 2.60. The van der Waals surface area contributed by atoms with Crippen LogP contribution >= 0.6 is 0 Å². The molecule has 70 valence electrons. The number of Topliss-reactive ketones (excluding diaryl/α,β-unsaturated/α-hetero) is 1. The molecule has 1 aromatic carbocycles. The molecule has 0 aliphatic heterocycles. The van der Waals surface area contributed by atoms with E-state index in [0.717, 1.165) is 12.1 Å². The first-order valence-corrected chi connectivity index (χ1v) is 3.81. The second-order valence-electron chi connectivity index (χ2n) is 2.60. The lowest BCUT2D eigenvalue weighted by Gasteiger charge is -2.02. The summed E-state index contributed by atoms with van der Waals surface area (Å²) >= 11 is 0. The van der Waals surface area contributed by atoms with E-state index in [0.29, 0.717) is 0 Å². The fourth-order valence-corrected chi connectivity index (χ4v) is 0.955. The molecule has 0 bridgehead atoms. The Balaban J connectivity index is 3.23. The first-order valence-electron chi connectivity index (χ1n) is 3.81. The van der Waals surface area contributed by atoms with Crippen LogP contribution in [-0.4, -0.2) is 16.0 Å². The van der Waals surface area contributed by atoms with Crippen molar-refractivity contribution in [3.05, 3.63) is 23.5 Å². The summed E-state index contributed by atoms with van der Waals surface area (Å²) in [6.45, 7) is 1.59. The number of carbonyl (C=O) groups is 1. The van der Waals surface area contributed by atoms with Crippen LogP contribution in [0.25, 0.3) is 0 Å². The zero-order valence-corrected chi connectivity index (χ0v) is 7.04. The third-order valence-electron chi connectivity index (χ3n) is 1.69. The minimum atomic E-state index is -0.817. The van der Waals surface area contributed by atoms with E-state index < -0.39 is 23.1 Å². The van der Waals surface area contributed by atoms with Crippen LogP contribution in [0.15, 0.2) is 12.1 Å². The summed E-state index contributed by atoms with van der Waals surface area (Å²) in [5.74, 6) is -2.28. The number of phenols is 2. The monoisotopic (exact) mass is 184 g/mol. The van der Waals surface area contributed by atoms with E-state index in [4.69, 9.17) is 10.2 Å². The Morgan fingerprint density at radius 2 is 1.92 bits per heavy atom. The van der Waals surface area contributed by atoms with Crippen molar-refractivity contribution >= 4 is 5.78 Å². The van der Waals surface area contributed by atoms with E-state index in [1.54, 1.807) is 6.92 Å². The highest BCUT2D eigenvalue weighted by Crippen LogP contribution is 2.27. The van der Waals surface area contributed by atoms with E-state index in [-0.39, 0.29) is 12.0 Å². The van der Waals surface area contributed by atoms with Gasteiger partial charge in [-0.15, -0.1) is 0 Å². The lowest BCUT2D eigenvalue weighted by atomic mass is 10.1. The van der Waals surface area contributed by atoms with Crippen LogP contribution in [0.4, 0.5) is 4.39 Å². The van der Waals surface area contributed by atoms with Gasteiger partial charge in [0.1, 0.15) is 5.82 Å². The molecule has 0 aliphatic carbocycles. The summed E-state index contributed by atoms with van der Waals surface area (Å²) in [6, 6.07) is 1.65. The van der Waals surface area contributed by atoms with Crippen molar-refractivity contribution in [3.8, 4) is 11.5 Å². The molecule has 0 saturated carbocycles. The zero-order chi connectivity index (χ0) is 10.0. The fourth-order valence-electron chi connectivity index (χ4n) is 0.955. The number of ketones is 1. The predicted octanol–water partition coefficient (Wildman–Crippen LogP) is 1.83. The van der Waals surface area contributed by atoms with Crippen LogP contribution in [0.1, 0.15) is 23.7 Å². The number of aromatic hydroxyl groups is 2. The largest absolute Gasteiger partial charge is 0.504 e. The number of hydrogen-bond donors (Lipinski definition) is 2. The Labute approximate surface area is 74.4 Å². The summed E-state index contributed by atoms with van der Waals surface area (Å²) in [5, 5.41) is 17.9. The minimum Gasteiger partial charge on any atom is -0.504 e.